The maximum atomic E-state index is 13.0. The Bertz CT molecular complexity index is 1040. The molecule has 0 saturated heterocycles. The highest BCUT2D eigenvalue weighted by atomic mass is 19.1. The van der Waals surface area contributed by atoms with Crippen LogP contribution in [-0.4, -0.2) is 34.0 Å². The molecule has 10 heteroatoms. The highest BCUT2D eigenvalue weighted by Gasteiger charge is 2.19. The zero-order valence-corrected chi connectivity index (χ0v) is 15.3. The minimum Gasteiger partial charge on any atom is -0.465 e. The molecule has 3 N–H and O–H groups in total. The van der Waals surface area contributed by atoms with E-state index < -0.39 is 11.9 Å². The van der Waals surface area contributed by atoms with Crippen LogP contribution in [0.2, 0.25) is 0 Å². The van der Waals surface area contributed by atoms with Gasteiger partial charge in [0.25, 0.3) is 0 Å². The van der Waals surface area contributed by atoms with Crippen molar-refractivity contribution < 1.29 is 23.5 Å². The van der Waals surface area contributed by atoms with Gasteiger partial charge in [0.1, 0.15) is 5.82 Å². The standard InChI is InChI=1S/C19H16FN5O4/c1-28-16(26)13-4-2-3-5-14(13)17(27)29-10-15-23-18(21)25-19(24-15)22-12-8-6-11(20)7-9-12/h2-9H,10H2,1H3,(H3,21,22,23,24,25). The first-order valence-electron chi connectivity index (χ1n) is 8.33. The molecule has 1 heterocycles. The van der Waals surface area contributed by atoms with E-state index in [1.165, 1.54) is 43.5 Å². The lowest BCUT2D eigenvalue weighted by Gasteiger charge is -2.09. The molecular formula is C19H16FN5O4. The number of aromatic nitrogens is 3. The Morgan fingerprint density at radius 3 is 2.31 bits per heavy atom. The SMILES string of the molecule is COC(=O)c1ccccc1C(=O)OCc1nc(N)nc(Nc2ccc(F)cc2)n1. The smallest absolute Gasteiger partial charge is 0.339 e. The van der Waals surface area contributed by atoms with Crippen molar-refractivity contribution in [3.8, 4) is 0 Å². The molecule has 0 aliphatic heterocycles. The van der Waals surface area contributed by atoms with E-state index >= 15 is 0 Å². The van der Waals surface area contributed by atoms with Gasteiger partial charge >= 0.3 is 11.9 Å². The van der Waals surface area contributed by atoms with Crippen LogP contribution in [0.1, 0.15) is 26.5 Å². The summed E-state index contributed by atoms with van der Waals surface area (Å²) in [5.74, 6) is -1.70. The van der Waals surface area contributed by atoms with Crippen molar-refractivity contribution in [1.82, 2.24) is 15.0 Å². The fourth-order valence-corrected chi connectivity index (χ4v) is 2.38. The van der Waals surface area contributed by atoms with Gasteiger partial charge in [-0.15, -0.1) is 0 Å². The lowest BCUT2D eigenvalue weighted by Crippen LogP contribution is -2.14. The van der Waals surface area contributed by atoms with E-state index in [1.807, 2.05) is 0 Å². The number of hydrogen-bond acceptors (Lipinski definition) is 9. The zero-order valence-electron chi connectivity index (χ0n) is 15.3. The van der Waals surface area contributed by atoms with E-state index in [2.05, 4.69) is 25.0 Å². The van der Waals surface area contributed by atoms with Crippen molar-refractivity contribution in [3.63, 3.8) is 0 Å². The van der Waals surface area contributed by atoms with Gasteiger partial charge in [-0.3, -0.25) is 0 Å². The lowest BCUT2D eigenvalue weighted by atomic mass is 10.1. The van der Waals surface area contributed by atoms with Crippen LogP contribution in [0, 0.1) is 5.82 Å². The number of nitrogens with one attached hydrogen (secondary N) is 1. The van der Waals surface area contributed by atoms with Crippen molar-refractivity contribution >= 4 is 29.5 Å². The summed E-state index contributed by atoms with van der Waals surface area (Å²) in [7, 11) is 1.22. The number of hydrogen-bond donors (Lipinski definition) is 2. The molecule has 0 fully saturated rings. The summed E-state index contributed by atoms with van der Waals surface area (Å²) in [6, 6.07) is 11.6. The topological polar surface area (TPSA) is 129 Å². The number of halogens is 1. The minimum atomic E-state index is -0.752. The van der Waals surface area contributed by atoms with Crippen molar-refractivity contribution in [2.45, 2.75) is 6.61 Å². The molecule has 0 atom stereocenters. The largest absolute Gasteiger partial charge is 0.465 e. The summed E-state index contributed by atoms with van der Waals surface area (Å²) in [4.78, 5) is 36.1. The van der Waals surface area contributed by atoms with Crippen molar-refractivity contribution in [2.24, 2.45) is 0 Å². The normalized spacial score (nSPS) is 10.3. The molecule has 3 rings (SSSR count). The Balaban J connectivity index is 1.72. The summed E-state index contributed by atoms with van der Waals surface area (Å²) < 4.78 is 22.9. The number of esters is 2. The Kier molecular flexibility index (Phi) is 5.93. The molecule has 3 aromatic rings. The van der Waals surface area contributed by atoms with E-state index in [-0.39, 0.29) is 41.3 Å². The van der Waals surface area contributed by atoms with E-state index in [9.17, 15) is 14.0 Å². The maximum Gasteiger partial charge on any atom is 0.339 e. The molecule has 0 spiro atoms. The Hall–Kier alpha value is -4.08. The van der Waals surface area contributed by atoms with Gasteiger partial charge in [0, 0.05) is 5.69 Å². The second-order valence-corrected chi connectivity index (χ2v) is 5.68. The number of methoxy groups -OCH3 is 1. The van der Waals surface area contributed by atoms with Gasteiger partial charge < -0.3 is 20.5 Å². The summed E-state index contributed by atoms with van der Waals surface area (Å²) in [6.07, 6.45) is 0. The van der Waals surface area contributed by atoms with Gasteiger partial charge in [0.15, 0.2) is 12.4 Å². The third-order valence-corrected chi connectivity index (χ3v) is 3.68. The second-order valence-electron chi connectivity index (χ2n) is 5.68. The van der Waals surface area contributed by atoms with Crippen LogP contribution in [0.5, 0.6) is 0 Å². The molecular weight excluding hydrogens is 381 g/mol. The van der Waals surface area contributed by atoms with Gasteiger partial charge in [-0.05, 0) is 36.4 Å². The van der Waals surface area contributed by atoms with E-state index in [4.69, 9.17) is 10.5 Å². The maximum absolute atomic E-state index is 13.0. The van der Waals surface area contributed by atoms with Crippen molar-refractivity contribution in [3.05, 3.63) is 71.3 Å². The Morgan fingerprint density at radius 1 is 1.00 bits per heavy atom. The van der Waals surface area contributed by atoms with Crippen LogP contribution in [-0.2, 0) is 16.1 Å². The van der Waals surface area contributed by atoms with Crippen molar-refractivity contribution in [1.29, 1.82) is 0 Å². The monoisotopic (exact) mass is 397 g/mol. The molecule has 0 saturated carbocycles. The first-order valence-corrected chi connectivity index (χ1v) is 8.33. The van der Waals surface area contributed by atoms with Crippen LogP contribution in [0.15, 0.2) is 48.5 Å². The van der Waals surface area contributed by atoms with Gasteiger partial charge in [-0.1, -0.05) is 12.1 Å². The van der Waals surface area contributed by atoms with Gasteiger partial charge in [-0.2, -0.15) is 15.0 Å². The van der Waals surface area contributed by atoms with Gasteiger partial charge in [0.05, 0.1) is 18.2 Å². The molecule has 1 aromatic heterocycles. The van der Waals surface area contributed by atoms with Gasteiger partial charge in [-0.25, -0.2) is 14.0 Å². The summed E-state index contributed by atoms with van der Waals surface area (Å²) in [6.45, 7) is -0.306. The number of nitrogens with two attached hydrogens (primary N) is 1. The van der Waals surface area contributed by atoms with Gasteiger partial charge in [0.2, 0.25) is 11.9 Å². The summed E-state index contributed by atoms with van der Waals surface area (Å²) >= 11 is 0. The first kappa shape index (κ1) is 19.7. The fraction of sp³-hybridized carbons (Fsp3) is 0.105. The number of rotatable bonds is 6. The van der Waals surface area contributed by atoms with Crippen LogP contribution in [0.3, 0.4) is 0 Å². The molecule has 148 valence electrons. The third-order valence-electron chi connectivity index (χ3n) is 3.68. The number of ether oxygens (including phenoxy) is 2. The molecule has 0 radical (unpaired) electrons. The number of carbonyl (C=O) groups excluding carboxylic acids is 2. The van der Waals surface area contributed by atoms with Crippen LogP contribution in [0.25, 0.3) is 0 Å². The quantitative estimate of drug-likeness (QED) is 0.603. The fourth-order valence-electron chi connectivity index (χ4n) is 2.38. The van der Waals surface area contributed by atoms with E-state index in [1.54, 1.807) is 12.1 Å². The molecule has 9 nitrogen and oxygen atoms in total. The predicted octanol–water partition coefficient (Wildman–Crippen LogP) is 2.48. The second kappa shape index (κ2) is 8.74. The minimum absolute atomic E-state index is 0.0473. The Labute approximate surface area is 164 Å². The van der Waals surface area contributed by atoms with Crippen LogP contribution in [0.4, 0.5) is 22.0 Å². The summed E-state index contributed by atoms with van der Waals surface area (Å²) in [5, 5.41) is 2.85. The molecule has 2 aromatic carbocycles. The molecule has 0 amide bonds. The highest BCUT2D eigenvalue weighted by molar-refractivity contribution is 6.03. The molecule has 0 unspecified atom stereocenters. The number of nitrogen functional groups attached to an aromatic ring is 1. The number of nitrogens with zero attached hydrogens (tertiary/aromatic N) is 3. The van der Waals surface area contributed by atoms with E-state index in [0.29, 0.717) is 5.69 Å². The Morgan fingerprint density at radius 2 is 1.66 bits per heavy atom. The van der Waals surface area contributed by atoms with Crippen LogP contribution < -0.4 is 11.1 Å². The molecule has 0 aliphatic rings. The first-order chi connectivity index (χ1) is 14.0. The van der Waals surface area contributed by atoms with Crippen molar-refractivity contribution in [2.75, 3.05) is 18.2 Å². The number of carbonyl (C=O) groups is 2. The molecule has 0 aliphatic carbocycles. The molecule has 0 bridgehead atoms. The third kappa shape index (κ3) is 5.01. The number of anilines is 3. The van der Waals surface area contributed by atoms with Crippen LogP contribution >= 0.6 is 0 Å². The van der Waals surface area contributed by atoms with E-state index in [0.717, 1.165) is 0 Å². The highest BCUT2D eigenvalue weighted by Crippen LogP contribution is 2.15. The average molecular weight is 397 g/mol. The lowest BCUT2D eigenvalue weighted by molar-refractivity contribution is 0.0448. The average Bonchev–Trinajstić information content (AvgIpc) is 2.72. The number of benzene rings is 2. The zero-order chi connectivity index (χ0) is 20.8. The molecule has 29 heavy (non-hydrogen) atoms. The summed E-state index contributed by atoms with van der Waals surface area (Å²) in [5.41, 5.74) is 6.33. The predicted molar refractivity (Wildman–Crippen MR) is 101 cm³/mol.